The number of nitrogens with zero attached hydrogens (tertiary/aromatic N) is 3. The summed E-state index contributed by atoms with van der Waals surface area (Å²) < 4.78 is 0. The third-order valence-electron chi connectivity index (χ3n) is 2.45. The van der Waals surface area contributed by atoms with E-state index >= 15 is 0 Å². The molecular formula is C14H19N3. The highest BCUT2D eigenvalue weighted by Gasteiger charge is 2.02. The van der Waals surface area contributed by atoms with Crippen LogP contribution in [-0.4, -0.2) is 15.0 Å². The summed E-state index contributed by atoms with van der Waals surface area (Å²) in [5.74, 6) is 1.44. The van der Waals surface area contributed by atoms with Crippen LogP contribution in [0.3, 0.4) is 0 Å². The lowest BCUT2D eigenvalue weighted by molar-refractivity contribution is 0.678. The highest BCUT2D eigenvalue weighted by Crippen LogP contribution is 2.11. The molecule has 1 atom stereocenters. The largest absolute Gasteiger partial charge is 0.262 e. The Morgan fingerprint density at radius 3 is 2.06 bits per heavy atom. The van der Waals surface area contributed by atoms with E-state index in [0.29, 0.717) is 5.92 Å². The number of aromatic nitrogens is 3. The van der Waals surface area contributed by atoms with Crippen molar-refractivity contribution >= 4 is 0 Å². The zero-order chi connectivity index (χ0) is 12.5. The van der Waals surface area contributed by atoms with Gasteiger partial charge in [-0.15, -0.1) is 0 Å². The molecule has 0 fully saturated rings. The molecule has 0 bridgehead atoms. The second kappa shape index (κ2) is 7.49. The molecule has 3 heteroatoms. The number of hydrogen-bond acceptors (Lipinski definition) is 3. The van der Waals surface area contributed by atoms with Crippen molar-refractivity contribution in [3.05, 3.63) is 54.4 Å². The third-order valence-corrected chi connectivity index (χ3v) is 2.45. The maximum atomic E-state index is 4.14. The van der Waals surface area contributed by atoms with Gasteiger partial charge in [0.25, 0.3) is 0 Å². The van der Waals surface area contributed by atoms with Crippen molar-refractivity contribution in [2.24, 2.45) is 0 Å². The summed E-state index contributed by atoms with van der Waals surface area (Å²) in [5.41, 5.74) is 1.07. The first-order chi connectivity index (χ1) is 8.24. The highest BCUT2D eigenvalue weighted by atomic mass is 14.9. The van der Waals surface area contributed by atoms with Crippen LogP contribution in [0.2, 0.25) is 0 Å². The molecule has 0 radical (unpaired) electrons. The van der Waals surface area contributed by atoms with Gasteiger partial charge in [-0.3, -0.25) is 4.98 Å². The molecule has 2 aromatic rings. The standard InChI is InChI=1S/C8H12N2.C6H7N/c1-3-7(2)8-9-5-4-6-10-8;1-6-4-2-3-5-7-6/h4-7H,3H2,1-2H3;2-5H,1H3. The zero-order valence-corrected chi connectivity index (χ0v) is 10.7. The van der Waals surface area contributed by atoms with Gasteiger partial charge in [0.05, 0.1) is 0 Å². The lowest BCUT2D eigenvalue weighted by Crippen LogP contribution is -1.97. The fourth-order valence-corrected chi connectivity index (χ4v) is 1.20. The monoisotopic (exact) mass is 229 g/mol. The summed E-state index contributed by atoms with van der Waals surface area (Å²) >= 11 is 0. The van der Waals surface area contributed by atoms with Gasteiger partial charge in [-0.1, -0.05) is 19.9 Å². The van der Waals surface area contributed by atoms with E-state index in [1.807, 2.05) is 31.2 Å². The Bertz CT molecular complexity index is 400. The van der Waals surface area contributed by atoms with Gasteiger partial charge in [-0.2, -0.15) is 0 Å². The van der Waals surface area contributed by atoms with Gasteiger partial charge in [0.15, 0.2) is 0 Å². The van der Waals surface area contributed by atoms with Gasteiger partial charge in [-0.05, 0) is 31.5 Å². The van der Waals surface area contributed by atoms with Gasteiger partial charge >= 0.3 is 0 Å². The molecule has 0 saturated carbocycles. The molecule has 0 aliphatic heterocycles. The Hall–Kier alpha value is -1.77. The Labute approximate surface area is 103 Å². The van der Waals surface area contributed by atoms with E-state index in [1.165, 1.54) is 0 Å². The van der Waals surface area contributed by atoms with Crippen LogP contribution in [0, 0.1) is 6.92 Å². The van der Waals surface area contributed by atoms with Gasteiger partial charge in [0.2, 0.25) is 0 Å². The second-order valence-electron chi connectivity index (χ2n) is 3.89. The van der Waals surface area contributed by atoms with E-state index in [9.17, 15) is 0 Å². The third kappa shape index (κ3) is 5.20. The Morgan fingerprint density at radius 2 is 1.65 bits per heavy atom. The van der Waals surface area contributed by atoms with Crippen molar-refractivity contribution in [2.75, 3.05) is 0 Å². The smallest absolute Gasteiger partial charge is 0.130 e. The fraction of sp³-hybridized carbons (Fsp3) is 0.357. The summed E-state index contributed by atoms with van der Waals surface area (Å²) in [6.07, 6.45) is 6.46. The molecule has 0 saturated heterocycles. The number of aryl methyl sites for hydroxylation is 1. The first-order valence-electron chi connectivity index (χ1n) is 5.88. The van der Waals surface area contributed by atoms with Gasteiger partial charge in [-0.25, -0.2) is 9.97 Å². The summed E-state index contributed by atoms with van der Waals surface area (Å²) in [7, 11) is 0. The molecule has 0 aliphatic carbocycles. The van der Waals surface area contributed by atoms with E-state index in [-0.39, 0.29) is 0 Å². The average molecular weight is 229 g/mol. The van der Waals surface area contributed by atoms with Crippen LogP contribution in [-0.2, 0) is 0 Å². The lowest BCUT2D eigenvalue weighted by atomic mass is 10.1. The molecule has 0 spiro atoms. The Morgan fingerprint density at radius 1 is 1.00 bits per heavy atom. The fourth-order valence-electron chi connectivity index (χ4n) is 1.20. The van der Waals surface area contributed by atoms with Crippen LogP contribution < -0.4 is 0 Å². The summed E-state index contributed by atoms with van der Waals surface area (Å²) in [6.45, 7) is 6.25. The zero-order valence-electron chi connectivity index (χ0n) is 10.7. The number of rotatable bonds is 2. The molecular weight excluding hydrogens is 210 g/mol. The molecule has 3 nitrogen and oxygen atoms in total. The molecule has 0 amide bonds. The SMILES string of the molecule is CCC(C)c1ncccn1.Cc1ccccn1. The first kappa shape index (κ1) is 13.3. The van der Waals surface area contributed by atoms with Gasteiger partial charge in [0.1, 0.15) is 5.82 Å². The van der Waals surface area contributed by atoms with E-state index in [4.69, 9.17) is 0 Å². The highest BCUT2D eigenvalue weighted by molar-refractivity contribution is 5.00. The van der Waals surface area contributed by atoms with Crippen LogP contribution in [0.5, 0.6) is 0 Å². The summed E-state index contributed by atoms with van der Waals surface area (Å²) in [5, 5.41) is 0. The average Bonchev–Trinajstić information content (AvgIpc) is 2.40. The van der Waals surface area contributed by atoms with Crippen LogP contribution in [0.4, 0.5) is 0 Å². The predicted molar refractivity (Wildman–Crippen MR) is 69.7 cm³/mol. The number of hydrogen-bond donors (Lipinski definition) is 0. The van der Waals surface area contributed by atoms with Crippen molar-refractivity contribution in [1.29, 1.82) is 0 Å². The van der Waals surface area contributed by atoms with Crippen molar-refractivity contribution in [3.8, 4) is 0 Å². The predicted octanol–water partition coefficient (Wildman–Crippen LogP) is 3.38. The first-order valence-corrected chi connectivity index (χ1v) is 5.88. The molecule has 0 N–H and O–H groups in total. The van der Waals surface area contributed by atoms with Gasteiger partial charge in [0, 0.05) is 30.2 Å². The maximum absolute atomic E-state index is 4.14. The molecule has 90 valence electrons. The van der Waals surface area contributed by atoms with Crippen molar-refractivity contribution in [1.82, 2.24) is 15.0 Å². The minimum Gasteiger partial charge on any atom is -0.262 e. The van der Waals surface area contributed by atoms with E-state index < -0.39 is 0 Å². The van der Waals surface area contributed by atoms with Crippen molar-refractivity contribution in [2.45, 2.75) is 33.1 Å². The summed E-state index contributed by atoms with van der Waals surface area (Å²) in [6, 6.07) is 7.70. The molecule has 1 unspecified atom stereocenters. The number of pyridine rings is 1. The second-order valence-corrected chi connectivity index (χ2v) is 3.89. The van der Waals surface area contributed by atoms with Crippen molar-refractivity contribution < 1.29 is 0 Å². The summed E-state index contributed by atoms with van der Waals surface area (Å²) in [4.78, 5) is 12.3. The molecule has 2 aromatic heterocycles. The minimum atomic E-state index is 0.487. The normalized spacial score (nSPS) is 11.2. The van der Waals surface area contributed by atoms with E-state index in [0.717, 1.165) is 17.9 Å². The van der Waals surface area contributed by atoms with E-state index in [1.54, 1.807) is 18.6 Å². The lowest BCUT2D eigenvalue weighted by Gasteiger charge is -2.03. The molecule has 17 heavy (non-hydrogen) atoms. The van der Waals surface area contributed by atoms with Crippen molar-refractivity contribution in [3.63, 3.8) is 0 Å². The Kier molecular flexibility index (Phi) is 5.86. The van der Waals surface area contributed by atoms with Crippen LogP contribution in [0.15, 0.2) is 42.9 Å². The van der Waals surface area contributed by atoms with Crippen LogP contribution in [0.1, 0.15) is 37.7 Å². The molecule has 2 rings (SSSR count). The topological polar surface area (TPSA) is 38.7 Å². The quantitative estimate of drug-likeness (QED) is 0.792. The minimum absolute atomic E-state index is 0.487. The van der Waals surface area contributed by atoms with Crippen LogP contribution in [0.25, 0.3) is 0 Å². The Balaban J connectivity index is 0.000000181. The van der Waals surface area contributed by atoms with Crippen LogP contribution >= 0.6 is 0 Å². The molecule has 2 heterocycles. The molecule has 0 aromatic carbocycles. The van der Waals surface area contributed by atoms with Gasteiger partial charge < -0.3 is 0 Å². The van der Waals surface area contributed by atoms with E-state index in [2.05, 4.69) is 28.8 Å². The molecule has 0 aliphatic rings. The maximum Gasteiger partial charge on any atom is 0.130 e.